The lowest BCUT2D eigenvalue weighted by atomic mass is 10.0. The first-order chi connectivity index (χ1) is 7.86. The molecule has 1 aromatic rings. The van der Waals surface area contributed by atoms with E-state index in [1.807, 2.05) is 6.20 Å². The van der Waals surface area contributed by atoms with Crippen LogP contribution < -0.4 is 15.0 Å². The molecule has 86 valence electrons. The summed E-state index contributed by atoms with van der Waals surface area (Å²) in [6.45, 7) is 3.39. The Hall–Kier alpha value is -1.29. The van der Waals surface area contributed by atoms with Gasteiger partial charge >= 0.3 is 0 Å². The highest BCUT2D eigenvalue weighted by molar-refractivity contribution is 5.50. The van der Waals surface area contributed by atoms with Gasteiger partial charge in [-0.25, -0.2) is 0 Å². The van der Waals surface area contributed by atoms with Gasteiger partial charge in [0.25, 0.3) is 0 Å². The van der Waals surface area contributed by atoms with E-state index >= 15 is 0 Å². The van der Waals surface area contributed by atoms with Gasteiger partial charge in [-0.3, -0.25) is 4.98 Å². The van der Waals surface area contributed by atoms with Crippen LogP contribution in [0.4, 0.5) is 5.69 Å². The Morgan fingerprint density at radius 2 is 2.38 bits per heavy atom. The normalized spacial score (nSPS) is 28.2. The summed E-state index contributed by atoms with van der Waals surface area (Å²) in [5.41, 5.74) is 1.19. The number of anilines is 1. The lowest BCUT2D eigenvalue weighted by Gasteiger charge is -2.26. The second-order valence-corrected chi connectivity index (χ2v) is 4.65. The number of aromatic nitrogens is 1. The molecule has 3 rings (SSSR count). The maximum absolute atomic E-state index is 5.22. The molecule has 0 amide bonds. The molecule has 1 N–H and O–H groups in total. The van der Waals surface area contributed by atoms with Gasteiger partial charge in [0.2, 0.25) is 0 Å². The molecule has 16 heavy (non-hydrogen) atoms. The Labute approximate surface area is 95.6 Å². The van der Waals surface area contributed by atoms with Crippen LogP contribution in [0.5, 0.6) is 5.75 Å². The van der Waals surface area contributed by atoms with Gasteiger partial charge in [0.1, 0.15) is 5.75 Å². The van der Waals surface area contributed by atoms with Gasteiger partial charge in [-0.1, -0.05) is 0 Å². The van der Waals surface area contributed by atoms with Gasteiger partial charge < -0.3 is 15.0 Å². The summed E-state index contributed by atoms with van der Waals surface area (Å²) in [4.78, 5) is 6.69. The summed E-state index contributed by atoms with van der Waals surface area (Å²) in [5.74, 6) is 1.64. The Bertz CT molecular complexity index is 382. The van der Waals surface area contributed by atoms with Crippen LogP contribution in [-0.4, -0.2) is 37.8 Å². The topological polar surface area (TPSA) is 37.4 Å². The molecule has 0 spiro atoms. The number of ether oxygens (including phenoxy) is 1. The first-order valence-corrected chi connectivity index (χ1v) is 5.83. The van der Waals surface area contributed by atoms with Crippen molar-refractivity contribution >= 4 is 5.69 Å². The minimum Gasteiger partial charge on any atom is -0.495 e. The number of hydrogen-bond acceptors (Lipinski definition) is 4. The van der Waals surface area contributed by atoms with E-state index in [0.29, 0.717) is 6.04 Å². The SMILES string of the molecule is COc1cncc(N2C[C@H]3CNC[C@H]2C3)c1. The standard InChI is InChI=1S/C12H17N3O/c1-16-12-3-11(6-14-7-12)15-8-9-2-10(15)5-13-4-9/h3,6-7,9-10,13H,2,4-5,8H2,1H3/t9-,10-/m1/s1. The van der Waals surface area contributed by atoms with Gasteiger partial charge in [0.05, 0.1) is 25.2 Å². The largest absolute Gasteiger partial charge is 0.495 e. The molecule has 2 aliphatic rings. The Kier molecular flexibility index (Phi) is 2.44. The zero-order valence-electron chi connectivity index (χ0n) is 9.52. The highest BCUT2D eigenvalue weighted by Gasteiger charge is 2.35. The monoisotopic (exact) mass is 219 g/mol. The van der Waals surface area contributed by atoms with Crippen LogP contribution in [0.1, 0.15) is 6.42 Å². The highest BCUT2D eigenvalue weighted by atomic mass is 16.5. The summed E-state index contributed by atoms with van der Waals surface area (Å²) in [6, 6.07) is 2.71. The van der Waals surface area contributed by atoms with Crippen LogP contribution in [0.2, 0.25) is 0 Å². The molecule has 4 heteroatoms. The van der Waals surface area contributed by atoms with Crippen LogP contribution in [0, 0.1) is 5.92 Å². The molecule has 2 saturated heterocycles. The van der Waals surface area contributed by atoms with Crippen molar-refractivity contribution in [3.05, 3.63) is 18.5 Å². The number of methoxy groups -OCH3 is 1. The predicted molar refractivity (Wildman–Crippen MR) is 62.9 cm³/mol. The van der Waals surface area contributed by atoms with Gasteiger partial charge in [-0.05, 0) is 18.9 Å². The van der Waals surface area contributed by atoms with Gasteiger partial charge in [0, 0.05) is 25.2 Å². The summed E-state index contributed by atoms with van der Waals surface area (Å²) >= 11 is 0. The van der Waals surface area contributed by atoms with Crippen molar-refractivity contribution in [1.82, 2.24) is 10.3 Å². The van der Waals surface area contributed by atoms with Crippen molar-refractivity contribution in [2.45, 2.75) is 12.5 Å². The van der Waals surface area contributed by atoms with E-state index in [9.17, 15) is 0 Å². The van der Waals surface area contributed by atoms with Crippen molar-refractivity contribution in [1.29, 1.82) is 0 Å². The maximum Gasteiger partial charge on any atom is 0.139 e. The average Bonchev–Trinajstić information content (AvgIpc) is 2.64. The molecule has 3 heterocycles. The second-order valence-electron chi connectivity index (χ2n) is 4.65. The van der Waals surface area contributed by atoms with Crippen molar-refractivity contribution in [3.63, 3.8) is 0 Å². The van der Waals surface area contributed by atoms with Crippen LogP contribution in [0.3, 0.4) is 0 Å². The number of pyridine rings is 1. The van der Waals surface area contributed by atoms with E-state index in [2.05, 4.69) is 21.3 Å². The first-order valence-electron chi connectivity index (χ1n) is 5.83. The zero-order chi connectivity index (χ0) is 11.0. The maximum atomic E-state index is 5.22. The number of fused-ring (bicyclic) bond motifs is 2. The molecule has 0 aliphatic carbocycles. The second kappa shape index (κ2) is 3.94. The third-order valence-corrected chi connectivity index (χ3v) is 3.58. The molecule has 4 nitrogen and oxygen atoms in total. The minimum atomic E-state index is 0.632. The number of piperidine rings is 1. The molecule has 2 fully saturated rings. The summed E-state index contributed by atoms with van der Waals surface area (Å²) in [5, 5.41) is 3.48. The van der Waals surface area contributed by atoms with Crippen molar-refractivity contribution < 1.29 is 4.74 Å². The quantitative estimate of drug-likeness (QED) is 0.801. The van der Waals surface area contributed by atoms with Crippen LogP contribution >= 0.6 is 0 Å². The molecule has 2 bridgehead atoms. The van der Waals surface area contributed by atoms with E-state index in [-0.39, 0.29) is 0 Å². The Balaban J connectivity index is 1.86. The number of hydrogen-bond donors (Lipinski definition) is 1. The molecule has 0 aromatic carbocycles. The predicted octanol–water partition coefficient (Wildman–Crippen LogP) is 0.888. The summed E-state index contributed by atoms with van der Waals surface area (Å²) in [7, 11) is 1.69. The van der Waals surface area contributed by atoms with Crippen LogP contribution in [0.25, 0.3) is 0 Å². The van der Waals surface area contributed by atoms with E-state index in [1.54, 1.807) is 13.3 Å². The lowest BCUT2D eigenvalue weighted by Crippen LogP contribution is -2.39. The summed E-state index contributed by atoms with van der Waals surface area (Å²) in [6.07, 6.45) is 5.00. The van der Waals surface area contributed by atoms with E-state index in [4.69, 9.17) is 4.74 Å². The average molecular weight is 219 g/mol. The smallest absolute Gasteiger partial charge is 0.139 e. The van der Waals surface area contributed by atoms with Gasteiger partial charge in [-0.2, -0.15) is 0 Å². The van der Waals surface area contributed by atoms with Gasteiger partial charge in [-0.15, -0.1) is 0 Å². The molecule has 0 radical (unpaired) electrons. The molecule has 0 unspecified atom stereocenters. The number of nitrogens with zero attached hydrogens (tertiary/aromatic N) is 2. The fourth-order valence-corrected chi connectivity index (χ4v) is 2.80. The van der Waals surface area contributed by atoms with Crippen molar-refractivity contribution in [2.24, 2.45) is 5.92 Å². The van der Waals surface area contributed by atoms with E-state index in [0.717, 1.165) is 31.3 Å². The van der Waals surface area contributed by atoms with E-state index < -0.39 is 0 Å². The number of rotatable bonds is 2. The molecule has 2 aliphatic heterocycles. The fraction of sp³-hybridized carbons (Fsp3) is 0.583. The number of nitrogens with one attached hydrogen (secondary N) is 1. The molecule has 2 atom stereocenters. The molecule has 0 saturated carbocycles. The lowest BCUT2D eigenvalue weighted by molar-refractivity contribution is 0.412. The van der Waals surface area contributed by atoms with E-state index in [1.165, 1.54) is 12.1 Å². The fourth-order valence-electron chi connectivity index (χ4n) is 2.80. The minimum absolute atomic E-state index is 0.632. The van der Waals surface area contributed by atoms with Crippen molar-refractivity contribution in [3.8, 4) is 5.75 Å². The molecule has 1 aromatic heterocycles. The van der Waals surface area contributed by atoms with Crippen LogP contribution in [0.15, 0.2) is 18.5 Å². The molecular weight excluding hydrogens is 202 g/mol. The highest BCUT2D eigenvalue weighted by Crippen LogP contribution is 2.31. The summed E-state index contributed by atoms with van der Waals surface area (Å²) < 4.78 is 5.22. The third-order valence-electron chi connectivity index (χ3n) is 3.58. The first kappa shape index (κ1) is 9.90. The molecular formula is C12H17N3O. The Morgan fingerprint density at radius 1 is 1.44 bits per heavy atom. The van der Waals surface area contributed by atoms with Crippen LogP contribution in [-0.2, 0) is 0 Å². The zero-order valence-corrected chi connectivity index (χ0v) is 9.52. The third kappa shape index (κ3) is 1.63. The van der Waals surface area contributed by atoms with Crippen molar-refractivity contribution in [2.75, 3.05) is 31.6 Å². The van der Waals surface area contributed by atoms with Gasteiger partial charge in [0.15, 0.2) is 0 Å². The Morgan fingerprint density at radius 3 is 3.19 bits per heavy atom.